The predicted octanol–water partition coefficient (Wildman–Crippen LogP) is 4.43. The minimum absolute atomic E-state index is 0.177. The van der Waals surface area contributed by atoms with Crippen LogP contribution in [-0.4, -0.2) is 40.7 Å². The average molecular weight is 545 g/mol. The number of thiazole rings is 1. The summed E-state index contributed by atoms with van der Waals surface area (Å²) in [5.41, 5.74) is 7.92. The summed E-state index contributed by atoms with van der Waals surface area (Å²) in [5.74, 6) is 0.177. The number of nitrogen functional groups attached to an aromatic ring is 1. The smallest absolute Gasteiger partial charge is 0.294 e. The van der Waals surface area contributed by atoms with E-state index in [1.54, 1.807) is 31.2 Å². The fraction of sp³-hybridized carbons (Fsp3) is 0.0476. The normalized spacial score (nSPS) is 12.8. The minimum atomic E-state index is -4.36. The first kappa shape index (κ1) is 24.0. The molecule has 12 nitrogen and oxygen atoms in total. The molecule has 0 saturated carbocycles. The molecule has 0 radical (unpaired) electrons. The van der Waals surface area contributed by atoms with E-state index in [9.17, 15) is 25.9 Å². The molecule has 0 amide bonds. The van der Waals surface area contributed by atoms with E-state index in [4.69, 9.17) is 5.73 Å². The molecule has 0 aliphatic heterocycles. The third-order valence-corrected chi connectivity index (χ3v) is 7.90. The fourth-order valence-electron chi connectivity index (χ4n) is 3.55. The van der Waals surface area contributed by atoms with Crippen molar-refractivity contribution < 1.29 is 25.9 Å². The maximum absolute atomic E-state index is 11.5. The van der Waals surface area contributed by atoms with Gasteiger partial charge in [0.2, 0.25) is 5.13 Å². The minimum Gasteiger partial charge on any atom is -0.382 e. The first-order valence-corrected chi connectivity index (χ1v) is 13.8. The van der Waals surface area contributed by atoms with Crippen LogP contribution in [0.25, 0.3) is 26.7 Å². The number of benzene rings is 3. The first-order chi connectivity index (χ1) is 16.9. The van der Waals surface area contributed by atoms with Crippen molar-refractivity contribution in [3.63, 3.8) is 0 Å². The standard InChI is InChI=1S/C21H16N6O6S3/c1-11-19(24-25-21-23-17-10-16(36(31,32)33)6-7-18(17)34-21)20(22)27(26-11)14-4-2-12-3-5-15(35(28,29)30)9-13(12)8-14/h2-10H,22H2,1H3,(H,28,29,30)(H,31,32,33). The third-order valence-electron chi connectivity index (χ3n) is 5.28. The van der Waals surface area contributed by atoms with E-state index in [1.807, 2.05) is 0 Å². The molecule has 2 heterocycles. The highest BCUT2D eigenvalue weighted by Crippen LogP contribution is 2.34. The summed E-state index contributed by atoms with van der Waals surface area (Å²) in [4.78, 5) is 3.73. The van der Waals surface area contributed by atoms with Crippen molar-refractivity contribution in [3.8, 4) is 5.69 Å². The maximum atomic E-state index is 11.5. The second-order valence-corrected chi connectivity index (χ2v) is 11.6. The highest BCUT2D eigenvalue weighted by Gasteiger charge is 2.16. The van der Waals surface area contributed by atoms with Gasteiger partial charge in [-0.2, -0.15) is 21.9 Å². The van der Waals surface area contributed by atoms with Crippen molar-refractivity contribution in [1.29, 1.82) is 0 Å². The van der Waals surface area contributed by atoms with Crippen LogP contribution in [0.4, 0.5) is 16.6 Å². The van der Waals surface area contributed by atoms with Crippen LogP contribution in [0.2, 0.25) is 0 Å². The van der Waals surface area contributed by atoms with Crippen molar-refractivity contribution in [3.05, 3.63) is 60.3 Å². The van der Waals surface area contributed by atoms with Crippen LogP contribution in [0.5, 0.6) is 0 Å². The summed E-state index contributed by atoms with van der Waals surface area (Å²) in [7, 11) is -8.72. The van der Waals surface area contributed by atoms with Crippen LogP contribution >= 0.6 is 11.3 Å². The number of azo groups is 1. The summed E-state index contributed by atoms with van der Waals surface area (Å²) in [5, 5.41) is 14.3. The highest BCUT2D eigenvalue weighted by molar-refractivity contribution is 7.86. The van der Waals surface area contributed by atoms with Crippen molar-refractivity contribution in [2.75, 3.05) is 5.73 Å². The van der Waals surface area contributed by atoms with Crippen LogP contribution in [0, 0.1) is 6.92 Å². The fourth-order valence-corrected chi connectivity index (χ4v) is 5.34. The Balaban J connectivity index is 1.50. The lowest BCUT2D eigenvalue weighted by Gasteiger charge is -2.07. The van der Waals surface area contributed by atoms with Gasteiger partial charge < -0.3 is 5.73 Å². The zero-order chi connectivity index (χ0) is 25.8. The van der Waals surface area contributed by atoms with E-state index in [1.165, 1.54) is 46.4 Å². The zero-order valence-corrected chi connectivity index (χ0v) is 20.7. The zero-order valence-electron chi connectivity index (χ0n) is 18.3. The summed E-state index contributed by atoms with van der Waals surface area (Å²) < 4.78 is 66.3. The number of nitrogens with two attached hydrogens (primary N) is 1. The molecule has 15 heteroatoms. The van der Waals surface area contributed by atoms with Crippen molar-refractivity contribution >= 4 is 69.2 Å². The molecular formula is C21H16N6O6S3. The largest absolute Gasteiger partial charge is 0.382 e. The Hall–Kier alpha value is -3.76. The topological polar surface area (TPSA) is 190 Å². The number of hydrogen-bond acceptors (Lipinski definition) is 10. The predicted molar refractivity (Wildman–Crippen MR) is 134 cm³/mol. The molecule has 0 saturated heterocycles. The second kappa shape index (κ2) is 8.42. The summed E-state index contributed by atoms with van der Waals surface area (Å²) >= 11 is 1.17. The molecule has 0 aliphatic carbocycles. The quantitative estimate of drug-likeness (QED) is 0.212. The lowest BCUT2D eigenvalue weighted by Crippen LogP contribution is -2.02. The molecule has 5 rings (SSSR count). The molecule has 0 spiro atoms. The van der Waals surface area contributed by atoms with Gasteiger partial charge in [-0.1, -0.05) is 23.5 Å². The number of aryl methyl sites for hydroxylation is 1. The number of hydrogen-bond donors (Lipinski definition) is 3. The van der Waals surface area contributed by atoms with Gasteiger partial charge in [0.15, 0.2) is 11.5 Å². The molecule has 0 aliphatic rings. The van der Waals surface area contributed by atoms with E-state index in [0.717, 1.165) is 5.39 Å². The molecule has 3 aromatic carbocycles. The number of anilines is 1. The van der Waals surface area contributed by atoms with Crippen LogP contribution in [-0.2, 0) is 20.2 Å². The summed E-state index contributed by atoms with van der Waals surface area (Å²) in [6, 6.07) is 13.5. The van der Waals surface area contributed by atoms with E-state index in [2.05, 4.69) is 20.3 Å². The Morgan fingerprint density at radius 2 is 1.56 bits per heavy atom. The Kier molecular flexibility index (Phi) is 5.60. The lowest BCUT2D eigenvalue weighted by molar-refractivity contribution is 0.481. The molecule has 0 unspecified atom stereocenters. The molecule has 2 aromatic heterocycles. The third kappa shape index (κ3) is 4.45. The van der Waals surface area contributed by atoms with Crippen LogP contribution < -0.4 is 5.73 Å². The van der Waals surface area contributed by atoms with Crippen LogP contribution in [0.1, 0.15) is 5.69 Å². The molecule has 36 heavy (non-hydrogen) atoms. The van der Waals surface area contributed by atoms with E-state index < -0.39 is 20.2 Å². The number of fused-ring (bicyclic) bond motifs is 2. The summed E-state index contributed by atoms with van der Waals surface area (Å²) in [6.45, 7) is 1.69. The van der Waals surface area contributed by atoms with Gasteiger partial charge in [0.05, 0.1) is 31.4 Å². The van der Waals surface area contributed by atoms with Crippen molar-refractivity contribution in [2.24, 2.45) is 10.2 Å². The second-order valence-electron chi connectivity index (χ2n) is 7.70. The van der Waals surface area contributed by atoms with Gasteiger partial charge in [0.25, 0.3) is 20.2 Å². The van der Waals surface area contributed by atoms with Crippen molar-refractivity contribution in [1.82, 2.24) is 14.8 Å². The van der Waals surface area contributed by atoms with Gasteiger partial charge in [-0.15, -0.1) is 10.2 Å². The van der Waals surface area contributed by atoms with Gasteiger partial charge in [-0.3, -0.25) is 9.11 Å². The monoisotopic (exact) mass is 544 g/mol. The maximum Gasteiger partial charge on any atom is 0.294 e. The Bertz CT molecular complexity index is 1930. The van der Waals surface area contributed by atoms with E-state index >= 15 is 0 Å². The van der Waals surface area contributed by atoms with Gasteiger partial charge >= 0.3 is 0 Å². The SMILES string of the molecule is Cc1nn(-c2ccc3ccc(S(=O)(=O)O)cc3c2)c(N)c1N=Nc1nc2cc(S(=O)(=O)O)ccc2s1. The van der Waals surface area contributed by atoms with Crippen molar-refractivity contribution in [2.45, 2.75) is 16.7 Å². The molecule has 0 bridgehead atoms. The van der Waals surface area contributed by atoms with Gasteiger partial charge in [-0.05, 0) is 60.2 Å². The van der Waals surface area contributed by atoms with Gasteiger partial charge in [0.1, 0.15) is 0 Å². The number of rotatable bonds is 5. The molecule has 0 atom stereocenters. The lowest BCUT2D eigenvalue weighted by atomic mass is 10.1. The van der Waals surface area contributed by atoms with Gasteiger partial charge in [-0.25, -0.2) is 9.67 Å². The van der Waals surface area contributed by atoms with E-state index in [-0.39, 0.29) is 20.7 Å². The Morgan fingerprint density at radius 1 is 0.889 bits per heavy atom. The van der Waals surface area contributed by atoms with Gasteiger partial charge in [0, 0.05) is 0 Å². The molecule has 184 valence electrons. The van der Waals surface area contributed by atoms with E-state index in [0.29, 0.717) is 32.7 Å². The number of nitrogens with zero attached hydrogens (tertiary/aromatic N) is 5. The Labute approximate surface area is 208 Å². The molecule has 4 N–H and O–H groups in total. The molecule has 0 fully saturated rings. The first-order valence-electron chi connectivity index (χ1n) is 10.1. The van der Waals surface area contributed by atoms with Crippen LogP contribution in [0.3, 0.4) is 0 Å². The average Bonchev–Trinajstić information content (AvgIpc) is 3.35. The molecule has 5 aromatic rings. The number of aromatic nitrogens is 3. The van der Waals surface area contributed by atoms with Crippen LogP contribution in [0.15, 0.2) is 74.6 Å². The Morgan fingerprint density at radius 3 is 2.28 bits per heavy atom. The molecular weight excluding hydrogens is 528 g/mol. The highest BCUT2D eigenvalue weighted by atomic mass is 32.2. The summed E-state index contributed by atoms with van der Waals surface area (Å²) in [6.07, 6.45) is 0.